The maximum absolute atomic E-state index is 13.3. The monoisotopic (exact) mass is 455 g/mol. The van der Waals surface area contributed by atoms with Crippen LogP contribution in [0.4, 0.5) is 0 Å². The molecular formula is C25H33N3O5. The van der Waals surface area contributed by atoms with Gasteiger partial charge in [0.15, 0.2) is 0 Å². The number of likely N-dealkylation sites (N-methyl/N-ethyl adjacent to an activating group) is 1. The van der Waals surface area contributed by atoms with Crippen LogP contribution in [0.5, 0.6) is 5.75 Å². The number of likely N-dealkylation sites (tertiary alicyclic amines) is 1. The molecule has 1 N–H and O–H groups in total. The Bertz CT molecular complexity index is 885. The van der Waals surface area contributed by atoms with Crippen LogP contribution in [0.25, 0.3) is 0 Å². The summed E-state index contributed by atoms with van der Waals surface area (Å²) in [6, 6.07) is 6.69. The van der Waals surface area contributed by atoms with Crippen LogP contribution in [-0.4, -0.2) is 59.7 Å². The second-order valence-corrected chi connectivity index (χ2v) is 8.42. The Morgan fingerprint density at radius 2 is 1.70 bits per heavy atom. The number of methoxy groups -OCH3 is 1. The molecule has 178 valence electrons. The second kappa shape index (κ2) is 11.1. The van der Waals surface area contributed by atoms with Crippen molar-refractivity contribution < 1.29 is 23.9 Å². The molecule has 1 aromatic carbocycles. The predicted octanol–water partition coefficient (Wildman–Crippen LogP) is 2.28. The van der Waals surface area contributed by atoms with Gasteiger partial charge < -0.3 is 15.0 Å². The molecule has 1 aliphatic heterocycles. The summed E-state index contributed by atoms with van der Waals surface area (Å²) >= 11 is 0. The molecule has 3 atom stereocenters. The lowest BCUT2D eigenvalue weighted by atomic mass is 9.85. The summed E-state index contributed by atoms with van der Waals surface area (Å²) in [5, 5.41) is 2.80. The van der Waals surface area contributed by atoms with Gasteiger partial charge in [-0.25, -0.2) is 0 Å². The first-order chi connectivity index (χ1) is 15.9. The molecule has 1 fully saturated rings. The first-order valence-corrected chi connectivity index (χ1v) is 11.6. The highest BCUT2D eigenvalue weighted by molar-refractivity contribution is 6.05. The molecule has 8 nitrogen and oxygen atoms in total. The Balaban J connectivity index is 1.74. The predicted molar refractivity (Wildman–Crippen MR) is 123 cm³/mol. The highest BCUT2D eigenvalue weighted by Crippen LogP contribution is 2.35. The lowest BCUT2D eigenvalue weighted by molar-refractivity contribution is -0.144. The van der Waals surface area contributed by atoms with Gasteiger partial charge in [0.25, 0.3) is 0 Å². The molecule has 0 radical (unpaired) electrons. The number of ether oxygens (including phenoxy) is 1. The molecule has 1 heterocycles. The molecule has 0 spiro atoms. The molecule has 2 aliphatic rings. The van der Waals surface area contributed by atoms with Gasteiger partial charge in [0.1, 0.15) is 11.8 Å². The fourth-order valence-corrected chi connectivity index (χ4v) is 4.58. The molecule has 1 aliphatic carbocycles. The normalized spacial score (nSPS) is 20.4. The third-order valence-corrected chi connectivity index (χ3v) is 6.40. The number of benzene rings is 1. The van der Waals surface area contributed by atoms with Gasteiger partial charge in [-0.15, -0.1) is 0 Å². The quantitative estimate of drug-likeness (QED) is 0.431. The lowest BCUT2D eigenvalue weighted by Crippen LogP contribution is -2.49. The van der Waals surface area contributed by atoms with Crippen molar-refractivity contribution in [2.24, 2.45) is 11.8 Å². The van der Waals surface area contributed by atoms with E-state index >= 15 is 0 Å². The average molecular weight is 456 g/mol. The minimum atomic E-state index is -0.642. The van der Waals surface area contributed by atoms with Crippen molar-refractivity contribution in [3.05, 3.63) is 42.0 Å². The third kappa shape index (κ3) is 5.43. The Morgan fingerprint density at radius 1 is 1.09 bits per heavy atom. The van der Waals surface area contributed by atoms with Crippen molar-refractivity contribution in [1.29, 1.82) is 0 Å². The van der Waals surface area contributed by atoms with E-state index in [9.17, 15) is 19.2 Å². The van der Waals surface area contributed by atoms with E-state index in [0.29, 0.717) is 31.6 Å². The summed E-state index contributed by atoms with van der Waals surface area (Å²) in [6.45, 7) is 4.44. The van der Waals surface area contributed by atoms with Gasteiger partial charge in [0.2, 0.25) is 23.6 Å². The molecule has 1 unspecified atom stereocenters. The lowest BCUT2D eigenvalue weighted by Gasteiger charge is -2.31. The van der Waals surface area contributed by atoms with Crippen molar-refractivity contribution in [1.82, 2.24) is 15.1 Å². The summed E-state index contributed by atoms with van der Waals surface area (Å²) in [5.41, 5.74) is 0.859. The standard InChI is InChI=1S/C25H33N3O5/c1-4-21(23(30)26-5-2)28(16-17-10-12-18(33-3)13-11-17)22(29)14-15-27-24(31)19-8-6-7-9-20(19)25(27)32/h6-7,10-13,19-21H,4-5,8-9,14-16H2,1-3H3,(H,26,30)/t19-,20+,21?. The largest absolute Gasteiger partial charge is 0.497 e. The van der Waals surface area contributed by atoms with Crippen LogP contribution < -0.4 is 10.1 Å². The van der Waals surface area contributed by atoms with E-state index in [4.69, 9.17) is 4.74 Å². The number of nitrogens with zero attached hydrogens (tertiary/aromatic N) is 2. The molecule has 3 rings (SSSR count). The number of hydrogen-bond acceptors (Lipinski definition) is 5. The van der Waals surface area contributed by atoms with E-state index in [2.05, 4.69) is 5.32 Å². The zero-order chi connectivity index (χ0) is 24.0. The molecule has 0 bridgehead atoms. The Kier molecular flexibility index (Phi) is 8.25. The zero-order valence-corrected chi connectivity index (χ0v) is 19.6. The van der Waals surface area contributed by atoms with Crippen molar-refractivity contribution in [3.63, 3.8) is 0 Å². The molecule has 33 heavy (non-hydrogen) atoms. The van der Waals surface area contributed by atoms with E-state index in [-0.39, 0.29) is 55.0 Å². The summed E-state index contributed by atoms with van der Waals surface area (Å²) in [6.07, 6.45) is 5.45. The zero-order valence-electron chi connectivity index (χ0n) is 19.6. The van der Waals surface area contributed by atoms with Gasteiger partial charge in [-0.05, 0) is 43.9 Å². The minimum absolute atomic E-state index is 0.0175. The number of rotatable bonds is 10. The van der Waals surface area contributed by atoms with Crippen molar-refractivity contribution in [3.8, 4) is 5.75 Å². The summed E-state index contributed by atoms with van der Waals surface area (Å²) in [7, 11) is 1.58. The Morgan fingerprint density at radius 3 is 2.21 bits per heavy atom. The third-order valence-electron chi connectivity index (χ3n) is 6.40. The first kappa shape index (κ1) is 24.5. The van der Waals surface area contributed by atoms with Gasteiger partial charge in [-0.2, -0.15) is 0 Å². The van der Waals surface area contributed by atoms with Crippen LogP contribution in [-0.2, 0) is 25.7 Å². The van der Waals surface area contributed by atoms with E-state index in [1.165, 1.54) is 4.90 Å². The van der Waals surface area contributed by atoms with E-state index in [1.54, 1.807) is 12.0 Å². The molecular weight excluding hydrogens is 422 g/mol. The highest BCUT2D eigenvalue weighted by Gasteiger charge is 2.47. The number of fused-ring (bicyclic) bond motifs is 1. The molecule has 0 saturated carbocycles. The van der Waals surface area contributed by atoms with Gasteiger partial charge in [-0.3, -0.25) is 24.1 Å². The topological polar surface area (TPSA) is 96.0 Å². The molecule has 1 saturated heterocycles. The number of carbonyl (C=O) groups excluding carboxylic acids is 4. The molecule has 1 aromatic rings. The van der Waals surface area contributed by atoms with Gasteiger partial charge >= 0.3 is 0 Å². The van der Waals surface area contributed by atoms with E-state index in [1.807, 2.05) is 50.3 Å². The van der Waals surface area contributed by atoms with Crippen LogP contribution in [0.1, 0.15) is 45.1 Å². The fraction of sp³-hybridized carbons (Fsp3) is 0.520. The number of hydrogen-bond donors (Lipinski definition) is 1. The van der Waals surface area contributed by atoms with Crippen LogP contribution in [0, 0.1) is 11.8 Å². The molecule has 4 amide bonds. The maximum atomic E-state index is 13.3. The average Bonchev–Trinajstić information content (AvgIpc) is 3.07. The van der Waals surface area contributed by atoms with Crippen molar-refractivity contribution in [2.75, 3.05) is 20.2 Å². The van der Waals surface area contributed by atoms with Crippen molar-refractivity contribution in [2.45, 2.75) is 52.1 Å². The number of nitrogens with one attached hydrogen (secondary N) is 1. The van der Waals surface area contributed by atoms with Crippen LogP contribution >= 0.6 is 0 Å². The number of allylic oxidation sites excluding steroid dienone is 2. The summed E-state index contributed by atoms with van der Waals surface area (Å²) in [5.74, 6) is -0.795. The minimum Gasteiger partial charge on any atom is -0.497 e. The smallest absolute Gasteiger partial charge is 0.242 e. The van der Waals surface area contributed by atoms with E-state index in [0.717, 1.165) is 5.56 Å². The highest BCUT2D eigenvalue weighted by atomic mass is 16.5. The summed E-state index contributed by atoms with van der Waals surface area (Å²) < 4.78 is 5.20. The molecule has 0 aromatic heterocycles. The van der Waals surface area contributed by atoms with E-state index < -0.39 is 6.04 Å². The second-order valence-electron chi connectivity index (χ2n) is 8.42. The number of amides is 4. The number of imide groups is 1. The SMILES string of the molecule is CCNC(=O)C(CC)N(Cc1ccc(OC)cc1)C(=O)CCN1C(=O)[C@H]2CC=CC[C@H]2C1=O. The van der Waals surface area contributed by atoms with Crippen molar-refractivity contribution >= 4 is 23.6 Å². The van der Waals surface area contributed by atoms with Gasteiger partial charge in [-0.1, -0.05) is 31.2 Å². The Labute approximate surface area is 194 Å². The van der Waals surface area contributed by atoms with Crippen LogP contribution in [0.15, 0.2) is 36.4 Å². The Hall–Kier alpha value is -3.16. The van der Waals surface area contributed by atoms with Crippen LogP contribution in [0.2, 0.25) is 0 Å². The maximum Gasteiger partial charge on any atom is 0.242 e. The van der Waals surface area contributed by atoms with Crippen LogP contribution in [0.3, 0.4) is 0 Å². The van der Waals surface area contributed by atoms with Gasteiger partial charge in [0, 0.05) is 26.1 Å². The fourth-order valence-electron chi connectivity index (χ4n) is 4.58. The first-order valence-electron chi connectivity index (χ1n) is 11.6. The van der Waals surface area contributed by atoms with Gasteiger partial charge in [0.05, 0.1) is 18.9 Å². The summed E-state index contributed by atoms with van der Waals surface area (Å²) in [4.78, 5) is 54.3. The number of carbonyl (C=O) groups is 4. The molecule has 8 heteroatoms.